The first kappa shape index (κ1) is 18.5. The Labute approximate surface area is 142 Å². The summed E-state index contributed by atoms with van der Waals surface area (Å²) >= 11 is 0. The zero-order valence-electron chi connectivity index (χ0n) is 14.3. The van der Waals surface area contributed by atoms with Crippen molar-refractivity contribution in [3.63, 3.8) is 0 Å². The molecule has 2 atom stereocenters. The van der Waals surface area contributed by atoms with Crippen molar-refractivity contribution in [1.82, 2.24) is 4.31 Å². The third-order valence-electron chi connectivity index (χ3n) is 4.27. The molecule has 0 amide bonds. The van der Waals surface area contributed by atoms with Gasteiger partial charge < -0.3 is 14.6 Å². The summed E-state index contributed by atoms with van der Waals surface area (Å²) in [7, 11) is -0.896. The molecule has 7 nitrogen and oxygen atoms in total. The van der Waals surface area contributed by atoms with Crippen LogP contribution in [0.1, 0.15) is 18.9 Å². The van der Waals surface area contributed by atoms with Gasteiger partial charge >= 0.3 is 5.97 Å². The second-order valence-corrected chi connectivity index (χ2v) is 8.08. The Hall–Kier alpha value is -1.80. The number of piperidine rings is 1. The number of carbonyl (C=O) groups is 1. The molecule has 0 aliphatic carbocycles. The number of nitrogens with zero attached hydrogens (tertiary/aromatic N) is 1. The SMILES string of the molecule is COc1cc(C)c(S(=O)(=O)N2CC(C)CC(C(=O)O)C2)cc1OC. The molecule has 2 rings (SSSR count). The number of hydrogen-bond acceptors (Lipinski definition) is 5. The van der Waals surface area contributed by atoms with E-state index in [1.165, 1.54) is 24.6 Å². The van der Waals surface area contributed by atoms with Gasteiger partial charge in [-0.15, -0.1) is 0 Å². The third-order valence-corrected chi connectivity index (χ3v) is 6.25. The molecule has 0 radical (unpaired) electrons. The first-order valence-electron chi connectivity index (χ1n) is 7.66. The molecule has 2 unspecified atom stereocenters. The van der Waals surface area contributed by atoms with Crippen molar-refractivity contribution < 1.29 is 27.8 Å². The molecule has 0 spiro atoms. The fraction of sp³-hybridized carbons (Fsp3) is 0.562. The molecule has 1 saturated heterocycles. The fourth-order valence-corrected chi connectivity index (χ4v) is 4.88. The van der Waals surface area contributed by atoms with Gasteiger partial charge in [-0.2, -0.15) is 4.31 Å². The zero-order chi connectivity index (χ0) is 18.1. The highest BCUT2D eigenvalue weighted by Gasteiger charge is 2.37. The van der Waals surface area contributed by atoms with Crippen LogP contribution in [-0.4, -0.2) is 51.1 Å². The summed E-state index contributed by atoms with van der Waals surface area (Å²) in [4.78, 5) is 11.4. The minimum atomic E-state index is -3.82. The smallest absolute Gasteiger partial charge is 0.307 e. The Morgan fingerprint density at radius 2 is 1.79 bits per heavy atom. The molecule has 134 valence electrons. The van der Waals surface area contributed by atoms with Gasteiger partial charge in [0.25, 0.3) is 0 Å². The predicted molar refractivity (Wildman–Crippen MR) is 87.9 cm³/mol. The number of benzene rings is 1. The number of ether oxygens (including phenoxy) is 2. The number of aliphatic carboxylic acids is 1. The van der Waals surface area contributed by atoms with E-state index >= 15 is 0 Å². The number of rotatable bonds is 5. The standard InChI is InChI=1S/C16H23NO6S/c1-10-5-12(16(18)19)9-17(8-10)24(20,21)15-7-14(23-4)13(22-3)6-11(15)2/h6-7,10,12H,5,8-9H2,1-4H3,(H,18,19). The van der Waals surface area contributed by atoms with E-state index in [0.717, 1.165) is 0 Å². The molecule has 24 heavy (non-hydrogen) atoms. The first-order chi connectivity index (χ1) is 11.2. The third kappa shape index (κ3) is 3.49. The van der Waals surface area contributed by atoms with Crippen LogP contribution in [0, 0.1) is 18.8 Å². The molecule has 0 bridgehead atoms. The Balaban J connectivity index is 2.44. The Morgan fingerprint density at radius 3 is 2.33 bits per heavy atom. The van der Waals surface area contributed by atoms with Crippen molar-refractivity contribution in [1.29, 1.82) is 0 Å². The van der Waals surface area contributed by atoms with Crippen LogP contribution in [0.5, 0.6) is 11.5 Å². The van der Waals surface area contributed by atoms with Gasteiger partial charge in [-0.05, 0) is 30.9 Å². The van der Waals surface area contributed by atoms with Crippen molar-refractivity contribution in [3.8, 4) is 11.5 Å². The van der Waals surface area contributed by atoms with Gasteiger partial charge in [0.2, 0.25) is 10.0 Å². The Bertz CT molecular complexity index is 730. The second-order valence-electron chi connectivity index (χ2n) is 6.17. The molecule has 1 aliphatic rings. The predicted octanol–water partition coefficient (Wildman–Crippen LogP) is 1.74. The lowest BCUT2D eigenvalue weighted by Crippen LogP contribution is -2.45. The Morgan fingerprint density at radius 1 is 1.21 bits per heavy atom. The molecule has 1 aromatic rings. The van der Waals surface area contributed by atoms with Gasteiger partial charge in [0, 0.05) is 19.2 Å². The van der Waals surface area contributed by atoms with Gasteiger partial charge in [-0.1, -0.05) is 6.92 Å². The maximum absolute atomic E-state index is 13.0. The first-order valence-corrected chi connectivity index (χ1v) is 9.10. The van der Waals surface area contributed by atoms with Gasteiger partial charge in [0.1, 0.15) is 0 Å². The van der Waals surface area contributed by atoms with E-state index in [4.69, 9.17) is 9.47 Å². The normalized spacial score (nSPS) is 22.2. The van der Waals surface area contributed by atoms with Gasteiger partial charge in [-0.25, -0.2) is 8.42 Å². The molecular formula is C16H23NO6S. The molecular weight excluding hydrogens is 334 g/mol. The minimum Gasteiger partial charge on any atom is -0.493 e. The molecule has 1 aromatic carbocycles. The quantitative estimate of drug-likeness (QED) is 0.863. The van der Waals surface area contributed by atoms with Crippen molar-refractivity contribution in [2.75, 3.05) is 27.3 Å². The summed E-state index contributed by atoms with van der Waals surface area (Å²) in [5.74, 6) is -0.907. The summed E-state index contributed by atoms with van der Waals surface area (Å²) in [6, 6.07) is 3.03. The van der Waals surface area contributed by atoms with Crippen LogP contribution in [0.3, 0.4) is 0 Å². The number of carboxylic acids is 1. The number of methoxy groups -OCH3 is 2. The molecule has 8 heteroatoms. The highest BCUT2D eigenvalue weighted by Crippen LogP contribution is 2.35. The van der Waals surface area contributed by atoms with Crippen LogP contribution in [0.2, 0.25) is 0 Å². The van der Waals surface area contributed by atoms with Crippen LogP contribution in [0.25, 0.3) is 0 Å². The maximum Gasteiger partial charge on any atom is 0.307 e. The summed E-state index contributed by atoms with van der Waals surface area (Å²) in [6.07, 6.45) is 0.478. The van der Waals surface area contributed by atoms with Gasteiger partial charge in [0.15, 0.2) is 11.5 Å². The molecule has 1 aliphatic heterocycles. The van der Waals surface area contributed by atoms with Crippen molar-refractivity contribution in [2.45, 2.75) is 25.2 Å². The average Bonchev–Trinajstić information content (AvgIpc) is 2.53. The zero-order valence-corrected chi connectivity index (χ0v) is 15.1. The second kappa shape index (κ2) is 6.98. The van der Waals surface area contributed by atoms with E-state index in [0.29, 0.717) is 30.0 Å². The molecule has 0 saturated carbocycles. The van der Waals surface area contributed by atoms with Crippen LogP contribution in [0.4, 0.5) is 0 Å². The number of aryl methyl sites for hydroxylation is 1. The lowest BCUT2D eigenvalue weighted by Gasteiger charge is -2.34. The lowest BCUT2D eigenvalue weighted by molar-refractivity contribution is -0.143. The van der Waals surface area contributed by atoms with E-state index in [1.54, 1.807) is 13.0 Å². The highest BCUT2D eigenvalue weighted by molar-refractivity contribution is 7.89. The molecule has 1 heterocycles. The van der Waals surface area contributed by atoms with Crippen LogP contribution in [-0.2, 0) is 14.8 Å². The fourth-order valence-electron chi connectivity index (χ4n) is 3.06. The van der Waals surface area contributed by atoms with E-state index in [2.05, 4.69) is 0 Å². The Kier molecular flexibility index (Phi) is 5.39. The molecule has 1 N–H and O–H groups in total. The van der Waals surface area contributed by atoms with Gasteiger partial charge in [-0.3, -0.25) is 4.79 Å². The highest BCUT2D eigenvalue weighted by atomic mass is 32.2. The summed E-state index contributed by atoms with van der Waals surface area (Å²) < 4.78 is 37.7. The summed E-state index contributed by atoms with van der Waals surface area (Å²) in [5.41, 5.74) is 0.526. The largest absolute Gasteiger partial charge is 0.493 e. The lowest BCUT2D eigenvalue weighted by atomic mass is 9.92. The number of sulfonamides is 1. The van der Waals surface area contributed by atoms with E-state index in [-0.39, 0.29) is 17.4 Å². The van der Waals surface area contributed by atoms with Crippen LogP contribution >= 0.6 is 0 Å². The van der Waals surface area contributed by atoms with Crippen molar-refractivity contribution in [2.24, 2.45) is 11.8 Å². The average molecular weight is 357 g/mol. The van der Waals surface area contributed by atoms with Gasteiger partial charge in [0.05, 0.1) is 25.0 Å². The maximum atomic E-state index is 13.0. The summed E-state index contributed by atoms with van der Waals surface area (Å²) in [5, 5.41) is 9.26. The van der Waals surface area contributed by atoms with Crippen molar-refractivity contribution in [3.05, 3.63) is 17.7 Å². The monoisotopic (exact) mass is 357 g/mol. The van der Waals surface area contributed by atoms with Crippen molar-refractivity contribution >= 4 is 16.0 Å². The van der Waals surface area contributed by atoms with Crippen LogP contribution < -0.4 is 9.47 Å². The van der Waals surface area contributed by atoms with E-state index < -0.39 is 21.9 Å². The van der Waals surface area contributed by atoms with E-state index in [1.807, 2.05) is 6.92 Å². The minimum absolute atomic E-state index is 0.0181. The molecule has 1 fully saturated rings. The summed E-state index contributed by atoms with van der Waals surface area (Å²) in [6.45, 7) is 3.83. The topological polar surface area (TPSA) is 93.1 Å². The van der Waals surface area contributed by atoms with E-state index in [9.17, 15) is 18.3 Å². The number of hydrogen-bond donors (Lipinski definition) is 1. The molecule has 0 aromatic heterocycles. The number of carboxylic acid groups (broad SMARTS) is 1. The van der Waals surface area contributed by atoms with Crippen LogP contribution in [0.15, 0.2) is 17.0 Å².